The number of hydrogen-bond acceptors (Lipinski definition) is 4. The number of carbonyl (C=O) groups is 1. The molecule has 0 aromatic rings. The molecule has 0 amide bonds. The van der Waals surface area contributed by atoms with Crippen LogP contribution in [0.3, 0.4) is 0 Å². The van der Waals surface area contributed by atoms with Crippen molar-refractivity contribution in [3.05, 3.63) is 0 Å². The second kappa shape index (κ2) is 23.7. The molecule has 0 aliphatic heterocycles. The number of unbranched alkanes of at least 4 members (excludes halogenated alkanes) is 14. The van der Waals surface area contributed by atoms with Gasteiger partial charge in [0.25, 0.3) is 0 Å². The van der Waals surface area contributed by atoms with Crippen molar-refractivity contribution in [1.82, 2.24) is 4.90 Å². The van der Waals surface area contributed by atoms with E-state index < -0.39 is 5.97 Å². The van der Waals surface area contributed by atoms with Crippen LogP contribution >= 0.6 is 0 Å². The third-order valence-electron chi connectivity index (χ3n) is 6.00. The Balaban J connectivity index is 3.48. The molecular formula is C26H52N2O3. The van der Waals surface area contributed by atoms with Crippen LogP contribution < -0.4 is 0 Å². The van der Waals surface area contributed by atoms with E-state index in [0.717, 1.165) is 6.42 Å². The summed E-state index contributed by atoms with van der Waals surface area (Å²) in [6.45, 7) is 6.82. The van der Waals surface area contributed by atoms with Crippen molar-refractivity contribution >= 4 is 11.7 Å². The molecule has 31 heavy (non-hydrogen) atoms. The van der Waals surface area contributed by atoms with E-state index in [0.29, 0.717) is 26.2 Å². The van der Waals surface area contributed by atoms with Crippen molar-refractivity contribution < 1.29 is 15.0 Å². The fourth-order valence-corrected chi connectivity index (χ4v) is 3.94. The molecule has 0 saturated carbocycles. The van der Waals surface area contributed by atoms with E-state index in [1.165, 1.54) is 102 Å². The highest BCUT2D eigenvalue weighted by Gasteiger charge is 2.06. The molecule has 0 aliphatic carbocycles. The minimum atomic E-state index is -0.796. The maximum atomic E-state index is 10.7. The van der Waals surface area contributed by atoms with Crippen molar-refractivity contribution in [3.63, 3.8) is 0 Å². The van der Waals surface area contributed by atoms with Gasteiger partial charge in [-0.3, -0.25) is 14.7 Å². The lowest BCUT2D eigenvalue weighted by molar-refractivity contribution is -0.137. The van der Waals surface area contributed by atoms with Crippen molar-refractivity contribution in [3.8, 4) is 0 Å². The molecular weight excluding hydrogens is 388 g/mol. The lowest BCUT2D eigenvalue weighted by atomic mass is 10.0. The molecule has 0 radical (unpaired) electrons. The number of nitrogens with zero attached hydrogens (tertiary/aromatic N) is 2. The number of aliphatic hydroxyl groups excluding tert-OH is 1. The van der Waals surface area contributed by atoms with Crippen molar-refractivity contribution in [2.24, 2.45) is 4.99 Å². The van der Waals surface area contributed by atoms with E-state index >= 15 is 0 Å². The molecule has 0 fully saturated rings. The fourth-order valence-electron chi connectivity index (χ4n) is 3.94. The Morgan fingerprint density at radius 3 is 1.65 bits per heavy atom. The number of rotatable bonds is 24. The topological polar surface area (TPSA) is 73.1 Å². The predicted octanol–water partition coefficient (Wildman–Crippen LogP) is 6.48. The van der Waals surface area contributed by atoms with Gasteiger partial charge in [-0.25, -0.2) is 0 Å². The number of aliphatic hydroxyl groups is 1. The molecule has 0 aromatic carbocycles. The fraction of sp³-hybridized carbons (Fsp3) is 0.923. The van der Waals surface area contributed by atoms with Crippen LogP contribution in [0.2, 0.25) is 0 Å². The first-order valence-electron chi connectivity index (χ1n) is 13.1. The standard InChI is InChI=1S/C26H52N2O3/c1-3-4-5-6-7-8-9-10-11-12-13-14-15-16-17-18-25(2)27-20-22-28(23-24-29)21-19-26(30)31/h29H,3-24H2,1-2H3,(H,30,31)/b27-25+. The minimum Gasteiger partial charge on any atom is -0.481 e. The Kier molecular flexibility index (Phi) is 23.0. The predicted molar refractivity (Wildman–Crippen MR) is 133 cm³/mol. The quantitative estimate of drug-likeness (QED) is 0.133. The van der Waals surface area contributed by atoms with Crippen LogP contribution in [0.4, 0.5) is 0 Å². The summed E-state index contributed by atoms with van der Waals surface area (Å²) in [4.78, 5) is 17.3. The molecule has 0 heterocycles. The normalized spacial score (nSPS) is 12.1. The van der Waals surface area contributed by atoms with Gasteiger partial charge in [0, 0.05) is 25.3 Å². The molecule has 0 aliphatic rings. The molecule has 0 bridgehead atoms. The Hall–Kier alpha value is -0.940. The monoisotopic (exact) mass is 440 g/mol. The SMILES string of the molecule is CCCCCCCCCCCCCCCCC/C(C)=N/CCN(CCO)CCC(=O)O. The van der Waals surface area contributed by atoms with Crippen molar-refractivity contribution in [1.29, 1.82) is 0 Å². The van der Waals surface area contributed by atoms with Crippen molar-refractivity contribution in [2.75, 3.05) is 32.8 Å². The first kappa shape index (κ1) is 30.1. The minimum absolute atomic E-state index is 0.0570. The van der Waals surface area contributed by atoms with Crippen LogP contribution in [0.1, 0.15) is 123 Å². The molecule has 2 N–H and O–H groups in total. The second-order valence-electron chi connectivity index (χ2n) is 9.03. The summed E-state index contributed by atoms with van der Waals surface area (Å²) < 4.78 is 0. The van der Waals surface area contributed by atoms with Crippen molar-refractivity contribution in [2.45, 2.75) is 123 Å². The van der Waals surface area contributed by atoms with E-state index in [9.17, 15) is 4.79 Å². The van der Waals surface area contributed by atoms with Gasteiger partial charge in [0.15, 0.2) is 0 Å². The van der Waals surface area contributed by atoms with Crippen LogP contribution in [-0.2, 0) is 4.79 Å². The van der Waals surface area contributed by atoms with Gasteiger partial charge in [0.1, 0.15) is 0 Å². The number of carboxylic acid groups (broad SMARTS) is 1. The summed E-state index contributed by atoms with van der Waals surface area (Å²) in [7, 11) is 0. The van der Waals surface area contributed by atoms with E-state index in [2.05, 4.69) is 18.8 Å². The van der Waals surface area contributed by atoms with Gasteiger partial charge in [-0.1, -0.05) is 96.8 Å². The van der Waals surface area contributed by atoms with E-state index in [-0.39, 0.29) is 13.0 Å². The highest BCUT2D eigenvalue weighted by Crippen LogP contribution is 2.13. The zero-order valence-electron chi connectivity index (χ0n) is 20.8. The maximum absolute atomic E-state index is 10.7. The van der Waals surface area contributed by atoms with Crippen LogP contribution in [0, 0.1) is 0 Å². The molecule has 5 heteroatoms. The van der Waals surface area contributed by atoms with Gasteiger partial charge in [-0.05, 0) is 19.8 Å². The Bertz CT molecular complexity index is 427. The van der Waals surface area contributed by atoms with Gasteiger partial charge >= 0.3 is 5.97 Å². The third-order valence-corrected chi connectivity index (χ3v) is 6.00. The van der Waals surface area contributed by atoms with Gasteiger partial charge in [0.2, 0.25) is 0 Å². The Labute approximate surface area is 192 Å². The first-order chi connectivity index (χ1) is 15.1. The summed E-state index contributed by atoms with van der Waals surface area (Å²) in [5.41, 5.74) is 1.19. The average Bonchev–Trinajstić information content (AvgIpc) is 2.74. The highest BCUT2D eigenvalue weighted by molar-refractivity contribution is 5.81. The van der Waals surface area contributed by atoms with Gasteiger partial charge in [-0.2, -0.15) is 0 Å². The largest absolute Gasteiger partial charge is 0.481 e. The summed E-state index contributed by atoms with van der Waals surface area (Å²) in [6.07, 6.45) is 22.0. The molecule has 0 rings (SSSR count). The number of aliphatic carboxylic acids is 1. The molecule has 184 valence electrons. The second-order valence-corrected chi connectivity index (χ2v) is 9.03. The van der Waals surface area contributed by atoms with Crippen LogP contribution in [-0.4, -0.2) is 59.6 Å². The number of aliphatic imine (C=N–C) groups is 1. The number of carboxylic acids is 1. The molecule has 0 aromatic heterocycles. The van der Waals surface area contributed by atoms with Gasteiger partial charge in [-0.15, -0.1) is 0 Å². The van der Waals surface area contributed by atoms with Crippen LogP contribution in [0.25, 0.3) is 0 Å². The highest BCUT2D eigenvalue weighted by atomic mass is 16.4. The smallest absolute Gasteiger partial charge is 0.304 e. The van der Waals surface area contributed by atoms with Crippen LogP contribution in [0.15, 0.2) is 4.99 Å². The summed E-state index contributed by atoms with van der Waals surface area (Å²) >= 11 is 0. The third kappa shape index (κ3) is 23.5. The molecule has 0 atom stereocenters. The first-order valence-corrected chi connectivity index (χ1v) is 13.1. The summed E-state index contributed by atoms with van der Waals surface area (Å²) in [5.74, 6) is -0.796. The maximum Gasteiger partial charge on any atom is 0.304 e. The van der Waals surface area contributed by atoms with Crippen LogP contribution in [0.5, 0.6) is 0 Å². The van der Waals surface area contributed by atoms with Gasteiger partial charge in [0.05, 0.1) is 19.6 Å². The van der Waals surface area contributed by atoms with E-state index in [4.69, 9.17) is 10.2 Å². The summed E-state index contributed by atoms with van der Waals surface area (Å²) in [5, 5.41) is 17.9. The molecule has 0 saturated heterocycles. The number of hydrogen-bond donors (Lipinski definition) is 2. The van der Waals surface area contributed by atoms with E-state index in [1.54, 1.807) is 0 Å². The lowest BCUT2D eigenvalue weighted by Gasteiger charge is -2.19. The Morgan fingerprint density at radius 1 is 0.710 bits per heavy atom. The van der Waals surface area contributed by atoms with Gasteiger partial charge < -0.3 is 10.2 Å². The zero-order chi connectivity index (χ0) is 23.0. The van der Waals surface area contributed by atoms with E-state index in [1.807, 2.05) is 4.90 Å². The Morgan fingerprint density at radius 2 is 1.19 bits per heavy atom. The summed E-state index contributed by atoms with van der Waals surface area (Å²) in [6, 6.07) is 0. The zero-order valence-corrected chi connectivity index (χ0v) is 20.8. The average molecular weight is 441 g/mol. The molecule has 0 unspecified atom stereocenters. The molecule has 0 spiro atoms. The molecule has 5 nitrogen and oxygen atoms in total. The lowest BCUT2D eigenvalue weighted by Crippen LogP contribution is -2.31.